The third kappa shape index (κ3) is 3.45. The van der Waals surface area contributed by atoms with Gasteiger partial charge in [0, 0.05) is 15.9 Å². The van der Waals surface area contributed by atoms with Gasteiger partial charge in [-0.25, -0.2) is 13.1 Å². The second kappa shape index (κ2) is 5.75. The monoisotopic (exact) mass is 359 g/mol. The van der Waals surface area contributed by atoms with E-state index >= 15 is 0 Å². The summed E-state index contributed by atoms with van der Waals surface area (Å²) in [5.74, 6) is 0. The molecular formula is C13H14BrNO2S2. The van der Waals surface area contributed by atoms with Gasteiger partial charge in [-0.05, 0) is 42.5 Å². The first-order valence-corrected chi connectivity index (χ1v) is 8.84. The molecule has 0 amide bonds. The lowest BCUT2D eigenvalue weighted by molar-refractivity contribution is 0.581. The minimum absolute atomic E-state index is 0.321. The molecule has 0 aliphatic rings. The van der Waals surface area contributed by atoms with Crippen LogP contribution >= 0.6 is 27.3 Å². The van der Waals surface area contributed by atoms with Crippen LogP contribution < -0.4 is 4.72 Å². The van der Waals surface area contributed by atoms with Crippen molar-refractivity contribution in [2.45, 2.75) is 25.3 Å². The van der Waals surface area contributed by atoms with Crippen molar-refractivity contribution in [3.8, 4) is 0 Å². The van der Waals surface area contributed by atoms with Crippen LogP contribution in [0.4, 0.5) is 0 Å². The molecule has 1 heterocycles. The minimum atomic E-state index is -3.48. The number of halogens is 1. The molecule has 0 saturated heterocycles. The number of rotatable bonds is 4. The van der Waals surface area contributed by atoms with Crippen LogP contribution in [0.1, 0.15) is 16.0 Å². The van der Waals surface area contributed by atoms with Crippen molar-refractivity contribution in [2.75, 3.05) is 0 Å². The fraction of sp³-hybridized carbons (Fsp3) is 0.231. The largest absolute Gasteiger partial charge is 0.241 e. The van der Waals surface area contributed by atoms with Gasteiger partial charge in [-0.15, -0.1) is 11.3 Å². The fourth-order valence-corrected chi connectivity index (χ4v) is 4.24. The molecule has 2 rings (SSSR count). The van der Waals surface area contributed by atoms with Crippen molar-refractivity contribution >= 4 is 37.3 Å². The average molecular weight is 360 g/mol. The lowest BCUT2D eigenvalue weighted by Gasteiger charge is -2.10. The highest BCUT2D eigenvalue weighted by Gasteiger charge is 2.17. The number of hydrogen-bond acceptors (Lipinski definition) is 3. The highest BCUT2D eigenvalue weighted by Crippen LogP contribution is 2.24. The van der Waals surface area contributed by atoms with Crippen LogP contribution in [-0.2, 0) is 16.6 Å². The molecule has 1 aromatic heterocycles. The van der Waals surface area contributed by atoms with Crippen LogP contribution in [0.2, 0.25) is 0 Å². The van der Waals surface area contributed by atoms with E-state index in [2.05, 4.69) is 20.7 Å². The van der Waals surface area contributed by atoms with Crippen molar-refractivity contribution in [1.82, 2.24) is 4.72 Å². The number of thiophene rings is 1. The Labute approximate surface area is 125 Å². The Hall–Kier alpha value is -0.690. The van der Waals surface area contributed by atoms with Gasteiger partial charge in [0.2, 0.25) is 10.0 Å². The summed E-state index contributed by atoms with van der Waals surface area (Å²) in [6, 6.07) is 7.33. The molecule has 0 atom stereocenters. The summed E-state index contributed by atoms with van der Waals surface area (Å²) in [4.78, 5) is 1.31. The molecule has 0 radical (unpaired) electrons. The molecule has 1 N–H and O–H groups in total. The van der Waals surface area contributed by atoms with Gasteiger partial charge < -0.3 is 0 Å². The summed E-state index contributed by atoms with van der Waals surface area (Å²) < 4.78 is 28.0. The first-order valence-electron chi connectivity index (χ1n) is 5.69. The second-order valence-electron chi connectivity index (χ2n) is 4.27. The first-order chi connectivity index (χ1) is 8.90. The first kappa shape index (κ1) is 14.7. The maximum absolute atomic E-state index is 12.3. The number of aryl methyl sites for hydroxylation is 2. The lowest BCUT2D eigenvalue weighted by atomic mass is 10.2. The maximum atomic E-state index is 12.3. The molecule has 0 spiro atoms. The highest BCUT2D eigenvalue weighted by molar-refractivity contribution is 9.10. The standard InChI is InChI=1S/C13H14BrNO2S2/c1-9-6-10(2)13(7-12(9)14)19(16,17)15-8-11-4-3-5-18-11/h3-7,15H,8H2,1-2H3. The predicted molar refractivity (Wildman–Crippen MR) is 82.0 cm³/mol. The van der Waals surface area contributed by atoms with Gasteiger partial charge >= 0.3 is 0 Å². The van der Waals surface area contributed by atoms with Crippen molar-refractivity contribution in [1.29, 1.82) is 0 Å². The molecule has 0 aliphatic carbocycles. The summed E-state index contributed by atoms with van der Waals surface area (Å²) in [7, 11) is -3.48. The van der Waals surface area contributed by atoms with Crippen LogP contribution in [0.25, 0.3) is 0 Å². The van der Waals surface area contributed by atoms with Crippen molar-refractivity contribution in [2.24, 2.45) is 0 Å². The van der Waals surface area contributed by atoms with Gasteiger partial charge in [-0.2, -0.15) is 0 Å². The van der Waals surface area contributed by atoms with Crippen molar-refractivity contribution in [3.05, 3.63) is 50.1 Å². The Kier molecular flexibility index (Phi) is 4.45. The van der Waals surface area contributed by atoms with Gasteiger partial charge in [-0.3, -0.25) is 0 Å². The molecule has 0 aliphatic heterocycles. The topological polar surface area (TPSA) is 46.2 Å². The zero-order valence-electron chi connectivity index (χ0n) is 10.6. The van der Waals surface area contributed by atoms with Gasteiger partial charge in [0.25, 0.3) is 0 Å². The second-order valence-corrected chi connectivity index (χ2v) is 7.89. The summed E-state index contributed by atoms with van der Waals surface area (Å²) >= 11 is 4.90. The Morgan fingerprint density at radius 2 is 2.00 bits per heavy atom. The molecule has 1 aromatic carbocycles. The molecular weight excluding hydrogens is 346 g/mol. The van der Waals surface area contributed by atoms with Crippen LogP contribution in [-0.4, -0.2) is 8.42 Å². The lowest BCUT2D eigenvalue weighted by Crippen LogP contribution is -2.23. The van der Waals surface area contributed by atoms with Crippen molar-refractivity contribution < 1.29 is 8.42 Å². The Balaban J connectivity index is 2.27. The van der Waals surface area contributed by atoms with Crippen LogP contribution in [0, 0.1) is 13.8 Å². The molecule has 0 unspecified atom stereocenters. The third-order valence-electron chi connectivity index (χ3n) is 2.76. The molecule has 6 heteroatoms. The van der Waals surface area contributed by atoms with Crippen molar-refractivity contribution in [3.63, 3.8) is 0 Å². The van der Waals surface area contributed by atoms with E-state index in [9.17, 15) is 8.42 Å². The van der Waals surface area contributed by atoms with Gasteiger partial charge in [0.1, 0.15) is 0 Å². The summed E-state index contributed by atoms with van der Waals surface area (Å²) in [5.41, 5.74) is 1.77. The maximum Gasteiger partial charge on any atom is 0.241 e. The molecule has 0 fully saturated rings. The summed E-state index contributed by atoms with van der Waals surface area (Å²) in [6.07, 6.45) is 0. The third-order valence-corrected chi connectivity index (χ3v) is 6.04. The Bertz CT molecular complexity index is 679. The zero-order chi connectivity index (χ0) is 14.0. The number of sulfonamides is 1. The average Bonchev–Trinajstić information content (AvgIpc) is 2.84. The summed E-state index contributed by atoms with van der Waals surface area (Å²) in [6.45, 7) is 4.07. The predicted octanol–water partition coefficient (Wildman–Crippen LogP) is 3.61. The van der Waals surface area contributed by atoms with Gasteiger partial charge in [0.15, 0.2) is 0 Å². The molecule has 19 heavy (non-hydrogen) atoms. The van der Waals surface area contributed by atoms with E-state index in [1.54, 1.807) is 13.0 Å². The van der Waals surface area contributed by atoms with Gasteiger partial charge in [-0.1, -0.05) is 28.1 Å². The van der Waals surface area contributed by atoms with Crippen LogP contribution in [0.15, 0.2) is 39.0 Å². The molecule has 3 nitrogen and oxygen atoms in total. The molecule has 0 bridgehead atoms. The fourth-order valence-electron chi connectivity index (χ4n) is 1.75. The quantitative estimate of drug-likeness (QED) is 0.906. The van der Waals surface area contributed by atoms with Crippen LogP contribution in [0.3, 0.4) is 0 Å². The minimum Gasteiger partial charge on any atom is -0.207 e. The van der Waals surface area contributed by atoms with Gasteiger partial charge in [0.05, 0.1) is 4.90 Å². The van der Waals surface area contributed by atoms with E-state index in [-0.39, 0.29) is 0 Å². The van der Waals surface area contributed by atoms with E-state index < -0.39 is 10.0 Å². The smallest absolute Gasteiger partial charge is 0.207 e. The SMILES string of the molecule is Cc1cc(C)c(S(=O)(=O)NCc2cccs2)cc1Br. The van der Waals surface area contributed by atoms with E-state index in [1.807, 2.05) is 30.5 Å². The number of hydrogen-bond donors (Lipinski definition) is 1. The van der Waals surface area contributed by atoms with E-state index in [1.165, 1.54) is 11.3 Å². The number of nitrogens with one attached hydrogen (secondary N) is 1. The summed E-state index contributed by atoms with van der Waals surface area (Å²) in [5, 5.41) is 1.93. The van der Waals surface area contributed by atoms with E-state index in [0.29, 0.717) is 11.4 Å². The van der Waals surface area contributed by atoms with Crippen LogP contribution in [0.5, 0.6) is 0 Å². The molecule has 102 valence electrons. The van der Waals surface area contributed by atoms with E-state index in [0.717, 1.165) is 20.5 Å². The normalized spacial score (nSPS) is 11.7. The highest BCUT2D eigenvalue weighted by atomic mass is 79.9. The Morgan fingerprint density at radius 1 is 1.26 bits per heavy atom. The zero-order valence-corrected chi connectivity index (χ0v) is 13.8. The molecule has 2 aromatic rings. The Morgan fingerprint density at radius 3 is 2.63 bits per heavy atom. The van der Waals surface area contributed by atoms with E-state index in [4.69, 9.17) is 0 Å². The number of benzene rings is 1. The molecule has 0 saturated carbocycles.